The summed E-state index contributed by atoms with van der Waals surface area (Å²) in [5, 5.41) is 20.0. The van der Waals surface area contributed by atoms with E-state index in [4.69, 9.17) is 18.9 Å². The quantitative estimate of drug-likeness (QED) is 0.167. The number of nitrogens with one attached hydrogen (secondary N) is 3. The molecular weight excluding hydrogens is 514 g/mol. The molecule has 40 heavy (non-hydrogen) atoms. The van der Waals surface area contributed by atoms with Gasteiger partial charge in [-0.2, -0.15) is 0 Å². The van der Waals surface area contributed by atoms with E-state index in [2.05, 4.69) is 16.0 Å². The van der Waals surface area contributed by atoms with Gasteiger partial charge >= 0.3 is 11.9 Å². The number of dihydropyridines is 1. The molecule has 10 heteroatoms. The van der Waals surface area contributed by atoms with Crippen LogP contribution in [-0.4, -0.2) is 64.8 Å². The minimum Gasteiger partial charge on any atom is -0.496 e. The van der Waals surface area contributed by atoms with Crippen molar-refractivity contribution in [2.24, 2.45) is 0 Å². The second-order valence-corrected chi connectivity index (χ2v) is 9.33. The molecule has 1 unspecified atom stereocenters. The number of hydrogen-bond donors (Lipinski definition) is 4. The number of hydrogen-bond acceptors (Lipinski definition) is 10. The molecule has 10 nitrogen and oxygen atoms in total. The molecule has 0 bridgehead atoms. The van der Waals surface area contributed by atoms with Gasteiger partial charge in [-0.3, -0.25) is 5.32 Å². The second kappa shape index (κ2) is 14.4. The fourth-order valence-electron chi connectivity index (χ4n) is 4.86. The summed E-state index contributed by atoms with van der Waals surface area (Å²) in [5.74, 6) is -0.434. The third kappa shape index (κ3) is 7.13. The van der Waals surface area contributed by atoms with Gasteiger partial charge in [0.25, 0.3) is 0 Å². The molecule has 1 atom stereocenters. The van der Waals surface area contributed by atoms with E-state index < -0.39 is 24.1 Å². The first-order valence-corrected chi connectivity index (χ1v) is 13.1. The SMILES string of the molecule is COC(=O)C1=C(C)NC(C)=C(C(=O)OC)C1c1ccc(CCC(O)NCCNc2ccccc2OC)c(OC)c1. The van der Waals surface area contributed by atoms with Crippen LogP contribution in [-0.2, 0) is 25.5 Å². The fourth-order valence-corrected chi connectivity index (χ4v) is 4.86. The molecule has 0 amide bonds. The van der Waals surface area contributed by atoms with Gasteiger partial charge in [-0.25, -0.2) is 9.59 Å². The van der Waals surface area contributed by atoms with E-state index in [1.807, 2.05) is 42.5 Å². The first-order chi connectivity index (χ1) is 19.2. The smallest absolute Gasteiger partial charge is 0.336 e. The molecule has 2 aromatic carbocycles. The van der Waals surface area contributed by atoms with Crippen molar-refractivity contribution in [3.63, 3.8) is 0 Å². The summed E-state index contributed by atoms with van der Waals surface area (Å²) >= 11 is 0. The molecule has 1 aliphatic heterocycles. The highest BCUT2D eigenvalue weighted by atomic mass is 16.5. The lowest BCUT2D eigenvalue weighted by Crippen LogP contribution is -2.33. The third-order valence-corrected chi connectivity index (χ3v) is 6.83. The lowest BCUT2D eigenvalue weighted by molar-refractivity contribution is -0.137. The van der Waals surface area contributed by atoms with E-state index in [1.54, 1.807) is 28.1 Å². The van der Waals surface area contributed by atoms with Crippen molar-refractivity contribution in [3.8, 4) is 11.5 Å². The number of aryl methyl sites for hydroxylation is 1. The number of rotatable bonds is 13. The summed E-state index contributed by atoms with van der Waals surface area (Å²) in [7, 11) is 5.80. The van der Waals surface area contributed by atoms with Gasteiger partial charge < -0.3 is 34.7 Å². The van der Waals surface area contributed by atoms with Gasteiger partial charge in [0.1, 0.15) is 17.7 Å². The van der Waals surface area contributed by atoms with Crippen LogP contribution in [0.2, 0.25) is 0 Å². The molecule has 0 saturated heterocycles. The highest BCUT2D eigenvalue weighted by Crippen LogP contribution is 2.40. The third-order valence-electron chi connectivity index (χ3n) is 6.83. The van der Waals surface area contributed by atoms with Crippen LogP contribution in [0.1, 0.15) is 37.3 Å². The van der Waals surface area contributed by atoms with Crippen LogP contribution in [0.3, 0.4) is 0 Å². The van der Waals surface area contributed by atoms with Crippen LogP contribution in [0.15, 0.2) is 65.0 Å². The van der Waals surface area contributed by atoms with E-state index in [0.29, 0.717) is 59.8 Å². The van der Waals surface area contributed by atoms with Crippen molar-refractivity contribution in [2.75, 3.05) is 46.8 Å². The maximum atomic E-state index is 12.8. The van der Waals surface area contributed by atoms with Crippen molar-refractivity contribution in [3.05, 3.63) is 76.1 Å². The summed E-state index contributed by atoms with van der Waals surface area (Å²) in [6.07, 6.45) is 0.277. The summed E-state index contributed by atoms with van der Waals surface area (Å²) in [6, 6.07) is 13.2. The number of methoxy groups -OCH3 is 4. The molecular formula is C30H39N3O7. The minimum absolute atomic E-state index is 0.324. The van der Waals surface area contributed by atoms with Crippen molar-refractivity contribution in [1.29, 1.82) is 0 Å². The van der Waals surface area contributed by atoms with E-state index in [-0.39, 0.29) is 0 Å². The van der Waals surface area contributed by atoms with E-state index in [0.717, 1.165) is 17.0 Å². The number of esters is 2. The number of ether oxygens (including phenoxy) is 4. The van der Waals surface area contributed by atoms with Crippen LogP contribution in [0.4, 0.5) is 5.69 Å². The van der Waals surface area contributed by atoms with E-state index in [9.17, 15) is 14.7 Å². The molecule has 1 heterocycles. The van der Waals surface area contributed by atoms with Gasteiger partial charge in [0.2, 0.25) is 0 Å². The Hall–Kier alpha value is -4.02. The molecule has 3 rings (SSSR count). The van der Waals surface area contributed by atoms with Crippen molar-refractivity contribution in [2.45, 2.75) is 38.8 Å². The lowest BCUT2D eigenvalue weighted by Gasteiger charge is -2.30. The largest absolute Gasteiger partial charge is 0.496 e. The molecule has 216 valence electrons. The van der Waals surface area contributed by atoms with Crippen LogP contribution >= 0.6 is 0 Å². The highest BCUT2D eigenvalue weighted by molar-refractivity contribution is 5.99. The molecule has 0 saturated carbocycles. The van der Waals surface area contributed by atoms with Crippen molar-refractivity contribution in [1.82, 2.24) is 10.6 Å². The first kappa shape index (κ1) is 30.5. The Morgan fingerprint density at radius 1 is 0.900 bits per heavy atom. The normalized spacial score (nSPS) is 14.4. The van der Waals surface area contributed by atoms with Gasteiger partial charge in [0, 0.05) is 24.5 Å². The number of carbonyl (C=O) groups is 2. The zero-order chi connectivity index (χ0) is 29.2. The molecule has 0 aromatic heterocycles. The van der Waals surface area contributed by atoms with Gasteiger partial charge in [0.05, 0.1) is 51.2 Å². The topological polar surface area (TPSA) is 127 Å². The predicted molar refractivity (Wildman–Crippen MR) is 152 cm³/mol. The van der Waals surface area contributed by atoms with Crippen LogP contribution < -0.4 is 25.4 Å². The summed E-state index contributed by atoms with van der Waals surface area (Å²) in [5.41, 5.74) is 4.30. The number of aliphatic hydroxyl groups is 1. The van der Waals surface area contributed by atoms with Crippen LogP contribution in [0.25, 0.3) is 0 Å². The Labute approximate surface area is 235 Å². The van der Waals surface area contributed by atoms with Gasteiger partial charge in [-0.05, 0) is 56.0 Å². The molecule has 1 aliphatic rings. The van der Waals surface area contributed by atoms with Crippen LogP contribution in [0.5, 0.6) is 11.5 Å². The van der Waals surface area contributed by atoms with Crippen LogP contribution in [0, 0.1) is 0 Å². The summed E-state index contributed by atoms with van der Waals surface area (Å²) in [6.45, 7) is 4.69. The first-order valence-electron chi connectivity index (χ1n) is 13.1. The molecule has 0 radical (unpaired) electrons. The van der Waals surface area contributed by atoms with Gasteiger partial charge in [0.15, 0.2) is 0 Å². The molecule has 0 fully saturated rings. The highest BCUT2D eigenvalue weighted by Gasteiger charge is 2.37. The molecule has 4 N–H and O–H groups in total. The fraction of sp³-hybridized carbons (Fsp3) is 0.400. The Bertz CT molecular complexity index is 1230. The molecule has 2 aromatic rings. The zero-order valence-electron chi connectivity index (χ0n) is 23.9. The number of anilines is 1. The number of aliphatic hydroxyl groups excluding tert-OH is 1. The van der Waals surface area contributed by atoms with Crippen molar-refractivity contribution >= 4 is 17.6 Å². The number of carbonyl (C=O) groups excluding carboxylic acids is 2. The monoisotopic (exact) mass is 553 g/mol. The predicted octanol–water partition coefficient (Wildman–Crippen LogP) is 3.24. The molecule has 0 spiro atoms. The maximum Gasteiger partial charge on any atom is 0.336 e. The standard InChI is InChI=1S/C30H39N3O7/c1-18-26(29(35)39-5)28(27(19(2)33-18)30(36)40-6)21-12-11-20(24(17-21)38-4)13-14-25(34)32-16-15-31-22-9-7-8-10-23(22)37-3/h7-12,17,25,28,31-34H,13-16H2,1-6H3. The number of para-hydroxylation sites is 2. The summed E-state index contributed by atoms with van der Waals surface area (Å²) < 4.78 is 21.1. The number of benzene rings is 2. The Balaban J connectivity index is 1.71. The Kier molecular flexibility index (Phi) is 11.0. The maximum absolute atomic E-state index is 12.8. The second-order valence-electron chi connectivity index (χ2n) is 9.33. The van der Waals surface area contributed by atoms with Crippen molar-refractivity contribution < 1.29 is 33.6 Å². The van der Waals surface area contributed by atoms with Gasteiger partial charge in [-0.15, -0.1) is 0 Å². The lowest BCUT2D eigenvalue weighted by atomic mass is 9.80. The molecule has 0 aliphatic carbocycles. The average Bonchev–Trinajstić information content (AvgIpc) is 2.97. The Morgan fingerprint density at radius 2 is 1.52 bits per heavy atom. The van der Waals surface area contributed by atoms with Gasteiger partial charge in [-0.1, -0.05) is 24.3 Å². The minimum atomic E-state index is -0.721. The number of allylic oxidation sites excluding steroid dienone is 2. The Morgan fingerprint density at radius 3 is 2.12 bits per heavy atom. The van der Waals surface area contributed by atoms with E-state index >= 15 is 0 Å². The van der Waals surface area contributed by atoms with E-state index in [1.165, 1.54) is 14.2 Å². The summed E-state index contributed by atoms with van der Waals surface area (Å²) in [4.78, 5) is 25.5. The zero-order valence-corrected chi connectivity index (χ0v) is 23.9. The average molecular weight is 554 g/mol.